The van der Waals surface area contributed by atoms with Gasteiger partial charge in [-0.2, -0.15) is 10.4 Å². The summed E-state index contributed by atoms with van der Waals surface area (Å²) in [6, 6.07) is 5.19. The quantitative estimate of drug-likeness (QED) is 0.401. The summed E-state index contributed by atoms with van der Waals surface area (Å²) >= 11 is 6.00. The first-order chi connectivity index (χ1) is 16.4. The van der Waals surface area contributed by atoms with Crippen LogP contribution < -0.4 is 21.1 Å². The van der Waals surface area contributed by atoms with Crippen molar-refractivity contribution in [3.63, 3.8) is 0 Å². The van der Waals surface area contributed by atoms with Gasteiger partial charge in [-0.25, -0.2) is 8.91 Å². The minimum atomic E-state index is -1.22. The second kappa shape index (κ2) is 10.3. The van der Waals surface area contributed by atoms with Gasteiger partial charge in [0.1, 0.15) is 41.4 Å². The number of ether oxygens (including phenoxy) is 1. The van der Waals surface area contributed by atoms with E-state index in [-0.39, 0.29) is 17.3 Å². The van der Waals surface area contributed by atoms with E-state index in [0.29, 0.717) is 34.1 Å². The van der Waals surface area contributed by atoms with Crippen molar-refractivity contribution in [3.8, 4) is 11.8 Å². The van der Waals surface area contributed by atoms with Crippen molar-refractivity contribution in [2.75, 3.05) is 19.7 Å². The molecule has 3 aromatic rings. The van der Waals surface area contributed by atoms with Crippen LogP contribution in [0.5, 0.6) is 5.75 Å². The highest BCUT2D eigenvalue weighted by molar-refractivity contribution is 6.31. The van der Waals surface area contributed by atoms with Gasteiger partial charge < -0.3 is 26.2 Å². The second-order valence-electron chi connectivity index (χ2n) is 8.11. The third kappa shape index (κ3) is 5.07. The fourth-order valence-electron chi connectivity index (χ4n) is 3.91. The van der Waals surface area contributed by atoms with Crippen LogP contribution in [0.25, 0.3) is 11.2 Å². The van der Waals surface area contributed by atoms with Crippen molar-refractivity contribution in [2.45, 2.75) is 31.9 Å². The highest BCUT2D eigenvalue weighted by Crippen LogP contribution is 2.29. The van der Waals surface area contributed by atoms with E-state index in [4.69, 9.17) is 22.1 Å². The minimum Gasteiger partial charge on any atom is -0.488 e. The zero-order valence-corrected chi connectivity index (χ0v) is 19.3. The summed E-state index contributed by atoms with van der Waals surface area (Å²) in [4.78, 5) is 3.85. The van der Waals surface area contributed by atoms with Gasteiger partial charge in [-0.1, -0.05) is 11.6 Å². The van der Waals surface area contributed by atoms with Gasteiger partial charge in [0.15, 0.2) is 0 Å². The molecule has 1 atom stereocenters. The molecule has 0 saturated carbocycles. The number of allylic oxidation sites excluding steroid dienone is 1. The molecule has 4 heterocycles. The number of nitrogens with one attached hydrogen (secondary N) is 2. The zero-order valence-electron chi connectivity index (χ0n) is 18.6. The van der Waals surface area contributed by atoms with E-state index >= 15 is 0 Å². The SMILES string of the molecule is C/C(NC1CCNCC1)=C(/N)c1cc(OCC(O)c2ncc(F)cc2Cl)c2c(C#N)cnn2c1. The number of aliphatic hydroxyl groups is 1. The molecule has 0 aliphatic carbocycles. The van der Waals surface area contributed by atoms with Crippen molar-refractivity contribution in [3.05, 3.63) is 64.1 Å². The number of piperidine rings is 1. The monoisotopic (exact) mass is 485 g/mol. The van der Waals surface area contributed by atoms with Crippen molar-refractivity contribution in [1.82, 2.24) is 25.2 Å². The van der Waals surface area contributed by atoms with Gasteiger partial charge in [0, 0.05) is 23.5 Å². The number of aliphatic hydroxyl groups excluding tert-OH is 1. The molecular formula is C23H25ClFN7O2. The van der Waals surface area contributed by atoms with Crippen molar-refractivity contribution < 1.29 is 14.2 Å². The number of fused-ring (bicyclic) bond motifs is 1. The maximum atomic E-state index is 13.3. The van der Waals surface area contributed by atoms with Crippen LogP contribution in [0.3, 0.4) is 0 Å². The summed E-state index contributed by atoms with van der Waals surface area (Å²) in [6.45, 7) is 3.59. The van der Waals surface area contributed by atoms with Gasteiger partial charge in [-0.05, 0) is 45.0 Å². The average molecular weight is 486 g/mol. The zero-order chi connectivity index (χ0) is 24.2. The summed E-state index contributed by atoms with van der Waals surface area (Å²) < 4.78 is 20.7. The molecule has 0 aromatic carbocycles. The third-order valence-electron chi connectivity index (χ3n) is 5.72. The molecule has 5 N–H and O–H groups in total. The lowest BCUT2D eigenvalue weighted by molar-refractivity contribution is 0.105. The third-order valence-corrected chi connectivity index (χ3v) is 6.02. The molecule has 1 fully saturated rings. The van der Waals surface area contributed by atoms with Gasteiger partial charge >= 0.3 is 0 Å². The van der Waals surface area contributed by atoms with E-state index in [0.717, 1.165) is 43.9 Å². The van der Waals surface area contributed by atoms with Crippen molar-refractivity contribution in [1.29, 1.82) is 5.26 Å². The number of nitrogens with zero attached hydrogens (tertiary/aromatic N) is 4. The summed E-state index contributed by atoms with van der Waals surface area (Å²) in [7, 11) is 0. The molecule has 0 bridgehead atoms. The van der Waals surface area contributed by atoms with Crippen LogP contribution in [0.1, 0.15) is 42.7 Å². The number of rotatable bonds is 7. The Bertz CT molecular complexity index is 1260. The molecule has 0 spiro atoms. The van der Waals surface area contributed by atoms with Gasteiger partial charge in [-0.15, -0.1) is 0 Å². The Balaban J connectivity index is 1.63. The van der Waals surface area contributed by atoms with Crippen LogP contribution in [-0.2, 0) is 0 Å². The molecule has 178 valence electrons. The van der Waals surface area contributed by atoms with Crippen LogP contribution in [0.15, 0.2) is 36.4 Å². The molecule has 0 radical (unpaired) electrons. The average Bonchev–Trinajstić information content (AvgIpc) is 3.25. The lowest BCUT2D eigenvalue weighted by atomic mass is 10.1. The molecule has 1 unspecified atom stereocenters. The van der Waals surface area contributed by atoms with E-state index in [1.54, 1.807) is 12.3 Å². The van der Waals surface area contributed by atoms with Crippen LogP contribution in [0.2, 0.25) is 5.02 Å². The number of hydrogen-bond acceptors (Lipinski definition) is 8. The smallest absolute Gasteiger partial charge is 0.147 e. The Morgan fingerprint density at radius 2 is 2.21 bits per heavy atom. The van der Waals surface area contributed by atoms with Crippen LogP contribution >= 0.6 is 11.6 Å². The van der Waals surface area contributed by atoms with E-state index in [1.807, 2.05) is 6.92 Å². The Morgan fingerprint density at radius 1 is 1.44 bits per heavy atom. The molecule has 1 saturated heterocycles. The first kappa shape index (κ1) is 23.8. The Morgan fingerprint density at radius 3 is 2.91 bits per heavy atom. The molecule has 9 nitrogen and oxygen atoms in total. The first-order valence-electron chi connectivity index (χ1n) is 10.8. The number of pyridine rings is 2. The predicted octanol–water partition coefficient (Wildman–Crippen LogP) is 2.49. The number of nitriles is 1. The van der Waals surface area contributed by atoms with E-state index < -0.39 is 11.9 Å². The maximum Gasteiger partial charge on any atom is 0.147 e. The minimum absolute atomic E-state index is 0.0103. The Hall–Kier alpha value is -3.39. The van der Waals surface area contributed by atoms with E-state index in [1.165, 1.54) is 10.7 Å². The molecule has 1 aliphatic rings. The highest BCUT2D eigenvalue weighted by Gasteiger charge is 2.19. The fraction of sp³-hybridized carbons (Fsp3) is 0.348. The van der Waals surface area contributed by atoms with E-state index in [9.17, 15) is 14.8 Å². The molecule has 34 heavy (non-hydrogen) atoms. The molecule has 4 rings (SSSR count). The number of halogens is 2. The number of aromatic nitrogens is 3. The molecule has 3 aromatic heterocycles. The number of nitrogens with two attached hydrogens (primary N) is 1. The molecule has 1 aliphatic heterocycles. The van der Waals surface area contributed by atoms with Gasteiger partial charge in [0.2, 0.25) is 0 Å². The topological polar surface area (TPSA) is 134 Å². The van der Waals surface area contributed by atoms with Crippen molar-refractivity contribution in [2.24, 2.45) is 5.73 Å². The largest absolute Gasteiger partial charge is 0.488 e. The summed E-state index contributed by atoms with van der Waals surface area (Å²) in [6.07, 6.45) is 4.90. The first-order valence-corrected chi connectivity index (χ1v) is 11.2. The normalized spacial score (nSPS) is 16.1. The highest BCUT2D eigenvalue weighted by atomic mass is 35.5. The molecular weight excluding hydrogens is 461 g/mol. The van der Waals surface area contributed by atoms with Gasteiger partial charge in [0.25, 0.3) is 0 Å². The van der Waals surface area contributed by atoms with Crippen LogP contribution in [0, 0.1) is 17.1 Å². The summed E-state index contributed by atoms with van der Waals surface area (Å²) in [5.74, 6) is -0.300. The van der Waals surface area contributed by atoms with Crippen LogP contribution in [-0.4, -0.2) is 45.4 Å². The Kier molecular flexibility index (Phi) is 7.17. The molecule has 11 heteroatoms. The second-order valence-corrected chi connectivity index (χ2v) is 8.52. The van der Waals surface area contributed by atoms with Gasteiger partial charge in [0.05, 0.1) is 28.8 Å². The van der Waals surface area contributed by atoms with Gasteiger partial charge in [-0.3, -0.25) is 4.98 Å². The summed E-state index contributed by atoms with van der Waals surface area (Å²) in [5, 5.41) is 31.1. The predicted molar refractivity (Wildman–Crippen MR) is 125 cm³/mol. The Labute approximate surface area is 201 Å². The molecule has 0 amide bonds. The lowest BCUT2D eigenvalue weighted by Gasteiger charge is -2.25. The lowest BCUT2D eigenvalue weighted by Crippen LogP contribution is -2.39. The fourth-order valence-corrected chi connectivity index (χ4v) is 4.19. The standard InChI is InChI=1S/C23H25ClFN7O2/c1-13(31-17-2-4-28-5-3-17)21(27)14-6-20(23-15(8-26)9-30-32(23)11-14)34-12-19(33)22-18(24)7-16(25)10-29-22/h6-7,9-11,17,19,28,31,33H,2-5,12,27H2,1H3/b21-13-. The summed E-state index contributed by atoms with van der Waals surface area (Å²) in [5.41, 5.74) is 9.28. The number of hydrogen-bond donors (Lipinski definition) is 4. The van der Waals surface area contributed by atoms with Crippen LogP contribution in [0.4, 0.5) is 4.39 Å². The van der Waals surface area contributed by atoms with E-state index in [2.05, 4.69) is 26.8 Å². The van der Waals surface area contributed by atoms with Crippen molar-refractivity contribution >= 4 is 22.8 Å². The maximum absolute atomic E-state index is 13.3.